The third-order valence-corrected chi connectivity index (χ3v) is 5.63. The predicted molar refractivity (Wildman–Crippen MR) is 121 cm³/mol. The Morgan fingerprint density at radius 3 is 2.67 bits per heavy atom. The van der Waals surface area contributed by atoms with Crippen molar-refractivity contribution in [1.82, 2.24) is 19.7 Å². The lowest BCUT2D eigenvalue weighted by Crippen LogP contribution is -2.42. The predicted octanol–water partition coefficient (Wildman–Crippen LogP) is 1.95. The number of hydrogen-bond donors (Lipinski definition) is 1. The number of Topliss-reactive ketones (excluding diaryl/α,β-unsaturated/α-hetero) is 1. The molecule has 0 atom stereocenters. The molecule has 2 aromatic heterocycles. The number of pyridine rings is 1. The van der Waals surface area contributed by atoms with Crippen molar-refractivity contribution in [3.63, 3.8) is 0 Å². The molecule has 4 rings (SSSR count). The molecule has 1 aliphatic rings. The highest BCUT2D eigenvalue weighted by molar-refractivity contribution is 5.97. The molecule has 1 aliphatic heterocycles. The van der Waals surface area contributed by atoms with E-state index in [9.17, 15) is 14.7 Å². The molecule has 1 N–H and O–H groups in total. The summed E-state index contributed by atoms with van der Waals surface area (Å²) in [5.41, 5.74) is 0.954. The number of aliphatic hydroxyl groups is 1. The smallest absolute Gasteiger partial charge is 0.244 e. The zero-order valence-corrected chi connectivity index (χ0v) is 19.1. The Kier molecular flexibility index (Phi) is 6.44. The summed E-state index contributed by atoms with van der Waals surface area (Å²) in [6.07, 6.45) is 1.88. The molecule has 0 aliphatic carbocycles. The number of ketones is 1. The lowest BCUT2D eigenvalue weighted by Gasteiger charge is -2.26. The van der Waals surface area contributed by atoms with E-state index in [1.165, 1.54) is 0 Å². The number of benzene rings is 1. The number of ether oxygens (including phenoxy) is 2. The van der Waals surface area contributed by atoms with E-state index in [0.29, 0.717) is 48.8 Å². The van der Waals surface area contributed by atoms with Crippen LogP contribution in [0.3, 0.4) is 0 Å². The van der Waals surface area contributed by atoms with Crippen LogP contribution in [0.1, 0.15) is 35.6 Å². The van der Waals surface area contributed by atoms with Gasteiger partial charge in [0.05, 0.1) is 31.5 Å². The van der Waals surface area contributed by atoms with Crippen LogP contribution in [-0.4, -0.2) is 69.9 Å². The summed E-state index contributed by atoms with van der Waals surface area (Å²) in [5, 5.41) is 15.5. The zero-order valence-electron chi connectivity index (χ0n) is 19.1. The molecule has 9 nitrogen and oxygen atoms in total. The first kappa shape index (κ1) is 22.9. The van der Waals surface area contributed by atoms with Crippen LogP contribution in [0, 0.1) is 0 Å². The summed E-state index contributed by atoms with van der Waals surface area (Å²) in [7, 11) is 1.54. The number of morpholine rings is 1. The highest BCUT2D eigenvalue weighted by Gasteiger charge is 2.21. The molecule has 1 saturated heterocycles. The Labute approximate surface area is 191 Å². The maximum atomic E-state index is 12.9. The highest BCUT2D eigenvalue weighted by Crippen LogP contribution is 2.27. The van der Waals surface area contributed by atoms with Gasteiger partial charge in [0.25, 0.3) is 0 Å². The molecule has 33 heavy (non-hydrogen) atoms. The van der Waals surface area contributed by atoms with Crippen molar-refractivity contribution in [2.45, 2.75) is 32.4 Å². The standard InChI is InChI=1S/C24H28N4O5/c1-24(2,31)22-6-4-5-18(25-22)20(29)12-16-11-17-14-28(26-19(17)13-21(16)32-3)15-23(30)27-7-9-33-10-8-27/h4-6,11,13-14,31H,7-10,12,15H2,1-3H3. The molecule has 9 heteroatoms. The second-order valence-electron chi connectivity index (χ2n) is 8.61. The quantitative estimate of drug-likeness (QED) is 0.546. The molecular formula is C24H28N4O5. The van der Waals surface area contributed by atoms with Crippen LogP contribution in [0.25, 0.3) is 10.9 Å². The molecule has 0 unspecified atom stereocenters. The van der Waals surface area contributed by atoms with Crippen LogP contribution >= 0.6 is 0 Å². The Hall–Kier alpha value is -3.30. The van der Waals surface area contributed by atoms with Crippen molar-refractivity contribution < 1.29 is 24.2 Å². The maximum absolute atomic E-state index is 12.9. The van der Waals surface area contributed by atoms with E-state index in [2.05, 4.69) is 10.1 Å². The van der Waals surface area contributed by atoms with Gasteiger partial charge in [0.15, 0.2) is 5.78 Å². The van der Waals surface area contributed by atoms with Crippen molar-refractivity contribution in [2.24, 2.45) is 0 Å². The normalized spacial score (nSPS) is 14.5. The monoisotopic (exact) mass is 452 g/mol. The minimum atomic E-state index is -1.14. The molecule has 1 fully saturated rings. The number of rotatable bonds is 7. The highest BCUT2D eigenvalue weighted by atomic mass is 16.5. The summed E-state index contributed by atoms with van der Waals surface area (Å²) in [6, 6.07) is 8.67. The number of carbonyl (C=O) groups excluding carboxylic acids is 2. The van der Waals surface area contributed by atoms with Crippen LogP contribution in [0.2, 0.25) is 0 Å². The third-order valence-electron chi connectivity index (χ3n) is 5.63. The molecular weight excluding hydrogens is 424 g/mol. The summed E-state index contributed by atoms with van der Waals surface area (Å²) >= 11 is 0. The van der Waals surface area contributed by atoms with Crippen LogP contribution in [0.15, 0.2) is 36.5 Å². The van der Waals surface area contributed by atoms with E-state index in [1.54, 1.807) is 61.0 Å². The minimum Gasteiger partial charge on any atom is -0.496 e. The first-order valence-corrected chi connectivity index (χ1v) is 10.9. The Balaban J connectivity index is 1.55. The molecule has 0 spiro atoms. The van der Waals surface area contributed by atoms with Crippen molar-refractivity contribution >= 4 is 22.6 Å². The van der Waals surface area contributed by atoms with Gasteiger partial charge in [-0.15, -0.1) is 0 Å². The minimum absolute atomic E-state index is 0.00811. The molecule has 1 aromatic carbocycles. The van der Waals surface area contributed by atoms with Gasteiger partial charge in [-0.25, -0.2) is 4.98 Å². The molecule has 0 radical (unpaired) electrons. The largest absolute Gasteiger partial charge is 0.496 e. The summed E-state index contributed by atoms with van der Waals surface area (Å²) in [4.78, 5) is 31.6. The van der Waals surface area contributed by atoms with Crippen molar-refractivity contribution in [2.75, 3.05) is 33.4 Å². The van der Waals surface area contributed by atoms with E-state index < -0.39 is 5.60 Å². The number of fused-ring (bicyclic) bond motifs is 1. The van der Waals surface area contributed by atoms with Crippen LogP contribution in [0.5, 0.6) is 5.75 Å². The molecule has 174 valence electrons. The van der Waals surface area contributed by atoms with E-state index in [-0.39, 0.29) is 30.3 Å². The van der Waals surface area contributed by atoms with Crippen LogP contribution in [0.4, 0.5) is 0 Å². The SMILES string of the molecule is COc1cc2nn(CC(=O)N3CCOCC3)cc2cc1CC(=O)c1cccc(C(C)(C)O)n1. The van der Waals surface area contributed by atoms with Gasteiger partial charge in [-0.3, -0.25) is 14.3 Å². The van der Waals surface area contributed by atoms with E-state index in [1.807, 2.05) is 6.07 Å². The number of aromatic nitrogens is 3. The lowest BCUT2D eigenvalue weighted by atomic mass is 10.0. The van der Waals surface area contributed by atoms with Crippen molar-refractivity contribution in [3.05, 3.63) is 53.5 Å². The first-order valence-electron chi connectivity index (χ1n) is 10.9. The average Bonchev–Trinajstić information content (AvgIpc) is 3.19. The molecule has 3 heterocycles. The number of nitrogens with zero attached hydrogens (tertiary/aromatic N) is 4. The van der Waals surface area contributed by atoms with E-state index in [4.69, 9.17) is 9.47 Å². The van der Waals surface area contributed by atoms with Crippen molar-refractivity contribution in [3.8, 4) is 5.75 Å². The van der Waals surface area contributed by atoms with Gasteiger partial charge in [-0.1, -0.05) is 6.07 Å². The molecule has 1 amide bonds. The van der Waals surface area contributed by atoms with Crippen molar-refractivity contribution in [1.29, 1.82) is 0 Å². The van der Waals surface area contributed by atoms with Gasteiger partial charge in [0, 0.05) is 42.7 Å². The topological polar surface area (TPSA) is 107 Å². The number of carbonyl (C=O) groups is 2. The van der Waals surface area contributed by atoms with E-state index in [0.717, 1.165) is 5.39 Å². The first-order chi connectivity index (χ1) is 15.7. The van der Waals surface area contributed by atoms with Gasteiger partial charge in [-0.2, -0.15) is 5.10 Å². The third kappa shape index (κ3) is 5.20. The van der Waals surface area contributed by atoms with Crippen LogP contribution in [-0.2, 0) is 28.1 Å². The van der Waals surface area contributed by atoms with Gasteiger partial charge in [0.2, 0.25) is 5.91 Å². The molecule has 3 aromatic rings. The van der Waals surface area contributed by atoms with Gasteiger partial charge < -0.3 is 19.5 Å². The summed E-state index contributed by atoms with van der Waals surface area (Å²) in [5.74, 6) is 0.346. The second kappa shape index (κ2) is 9.29. The Bertz CT molecular complexity index is 1180. The lowest BCUT2D eigenvalue weighted by molar-refractivity contribution is -0.136. The van der Waals surface area contributed by atoms with E-state index >= 15 is 0 Å². The zero-order chi connectivity index (χ0) is 23.6. The maximum Gasteiger partial charge on any atom is 0.244 e. The second-order valence-corrected chi connectivity index (χ2v) is 8.61. The number of methoxy groups -OCH3 is 1. The van der Waals surface area contributed by atoms with Gasteiger partial charge >= 0.3 is 0 Å². The van der Waals surface area contributed by atoms with Gasteiger partial charge in [0.1, 0.15) is 23.6 Å². The number of amides is 1. The summed E-state index contributed by atoms with van der Waals surface area (Å²) in [6.45, 7) is 5.66. The van der Waals surface area contributed by atoms with Gasteiger partial charge in [-0.05, 0) is 32.0 Å². The fourth-order valence-electron chi connectivity index (χ4n) is 3.81. The molecule has 0 saturated carbocycles. The Morgan fingerprint density at radius 2 is 1.97 bits per heavy atom. The summed E-state index contributed by atoms with van der Waals surface area (Å²) < 4.78 is 12.4. The fourth-order valence-corrected chi connectivity index (χ4v) is 3.81. The fraction of sp³-hybridized carbons (Fsp3) is 0.417. The molecule has 0 bridgehead atoms. The number of hydrogen-bond acceptors (Lipinski definition) is 7. The average molecular weight is 453 g/mol. The Morgan fingerprint density at radius 1 is 1.21 bits per heavy atom. The van der Waals surface area contributed by atoms with Crippen LogP contribution < -0.4 is 4.74 Å².